The van der Waals surface area contributed by atoms with Gasteiger partial charge in [-0.05, 0) is 37.5 Å². The number of nitrogens with one attached hydrogen (secondary N) is 3. The van der Waals surface area contributed by atoms with E-state index in [2.05, 4.69) is 15.6 Å². The van der Waals surface area contributed by atoms with Crippen LogP contribution in [0.3, 0.4) is 0 Å². The number of halogens is 6. The molecule has 0 radical (unpaired) electrons. The first-order valence-corrected chi connectivity index (χ1v) is 14.5. The average molecular weight is 736 g/mol. The fraction of sp³-hybridized carbons (Fsp3) is 0.355. The van der Waals surface area contributed by atoms with Crippen LogP contribution in [0.25, 0.3) is 11.3 Å². The van der Waals surface area contributed by atoms with Gasteiger partial charge in [0.1, 0.15) is 18.1 Å². The molecule has 0 aliphatic rings. The number of benzene rings is 2. The summed E-state index contributed by atoms with van der Waals surface area (Å²) in [4.78, 5) is 47.9. The minimum absolute atomic E-state index is 0.0188. The molecule has 0 aliphatic heterocycles. The van der Waals surface area contributed by atoms with Gasteiger partial charge in [-0.2, -0.15) is 26.3 Å². The molecule has 1 amide bonds. The van der Waals surface area contributed by atoms with E-state index in [0.717, 1.165) is 5.56 Å². The van der Waals surface area contributed by atoms with Crippen LogP contribution >= 0.6 is 0 Å². The number of carbonyl (C=O) groups is 3. The van der Waals surface area contributed by atoms with E-state index in [1.165, 1.54) is 4.57 Å². The topological polar surface area (TPSA) is 236 Å². The zero-order chi connectivity index (χ0) is 39.5. The molecule has 20 heteroatoms. The SMILES string of the molecule is CC(C)COc1cc(N)cc(-c2cnc(NC(C)C)c(=O)n2CC(=O)NCc2ccc(C(=N)N)cc2)c1.FC(F)F.O=C(O)C(F)(F)F.O=CO. The van der Waals surface area contributed by atoms with Crippen molar-refractivity contribution < 1.29 is 55.7 Å². The van der Waals surface area contributed by atoms with Crippen molar-refractivity contribution in [1.82, 2.24) is 14.9 Å². The van der Waals surface area contributed by atoms with Crippen LogP contribution in [-0.4, -0.2) is 69.5 Å². The maximum Gasteiger partial charge on any atom is 0.490 e. The van der Waals surface area contributed by atoms with E-state index in [1.807, 2.05) is 27.7 Å². The second-order valence-corrected chi connectivity index (χ2v) is 10.7. The van der Waals surface area contributed by atoms with Gasteiger partial charge in [0, 0.05) is 35.5 Å². The number of nitrogens with zero attached hydrogens (tertiary/aromatic N) is 2. The number of carboxylic acid groups (broad SMARTS) is 2. The molecule has 282 valence electrons. The first-order chi connectivity index (χ1) is 23.6. The van der Waals surface area contributed by atoms with Gasteiger partial charge in [0.2, 0.25) is 5.91 Å². The van der Waals surface area contributed by atoms with Gasteiger partial charge in [0.25, 0.3) is 12.0 Å². The van der Waals surface area contributed by atoms with Crippen LogP contribution in [0.5, 0.6) is 5.75 Å². The molecular formula is C31H39F6N7O7. The fourth-order valence-corrected chi connectivity index (χ4v) is 3.57. The average Bonchev–Trinajstić information content (AvgIpc) is 3.00. The number of aromatic nitrogens is 2. The van der Waals surface area contributed by atoms with Gasteiger partial charge in [-0.25, -0.2) is 9.78 Å². The molecule has 51 heavy (non-hydrogen) atoms. The maximum absolute atomic E-state index is 13.4. The third kappa shape index (κ3) is 18.5. The van der Waals surface area contributed by atoms with Gasteiger partial charge < -0.3 is 37.1 Å². The molecule has 1 heterocycles. The number of alkyl halides is 6. The Kier molecular flexibility index (Phi) is 19.5. The molecule has 14 nitrogen and oxygen atoms in total. The second-order valence-electron chi connectivity index (χ2n) is 10.7. The first-order valence-electron chi connectivity index (χ1n) is 14.5. The van der Waals surface area contributed by atoms with Crippen LogP contribution in [0.2, 0.25) is 0 Å². The molecule has 0 aliphatic carbocycles. The number of hydrogen-bond acceptors (Lipinski definition) is 9. The normalized spacial score (nSPS) is 10.5. The highest BCUT2D eigenvalue weighted by atomic mass is 19.4. The molecule has 0 unspecified atom stereocenters. The molecule has 0 spiro atoms. The first kappa shape index (κ1) is 45.2. The van der Waals surface area contributed by atoms with E-state index in [-0.39, 0.29) is 43.2 Å². The molecule has 0 fully saturated rings. The summed E-state index contributed by atoms with van der Waals surface area (Å²) in [5, 5.41) is 27.4. The van der Waals surface area contributed by atoms with E-state index in [1.54, 1.807) is 48.7 Å². The van der Waals surface area contributed by atoms with Crippen molar-refractivity contribution in [2.45, 2.75) is 59.7 Å². The Labute approximate surface area is 287 Å². The number of ether oxygens (including phenoxy) is 1. The lowest BCUT2D eigenvalue weighted by Gasteiger charge is -2.17. The predicted molar refractivity (Wildman–Crippen MR) is 176 cm³/mol. The van der Waals surface area contributed by atoms with Crippen molar-refractivity contribution >= 4 is 35.7 Å². The molecule has 3 rings (SSSR count). The summed E-state index contributed by atoms with van der Waals surface area (Å²) in [5.74, 6) is -2.07. The number of nitrogen functional groups attached to an aromatic ring is 2. The quantitative estimate of drug-likeness (QED) is 0.0477. The molecule has 0 atom stereocenters. The van der Waals surface area contributed by atoms with Crippen molar-refractivity contribution in [3.63, 3.8) is 0 Å². The zero-order valence-corrected chi connectivity index (χ0v) is 27.8. The monoisotopic (exact) mass is 735 g/mol. The molecule has 0 saturated carbocycles. The molecular weight excluding hydrogens is 696 g/mol. The Hall–Kier alpha value is -5.82. The molecule has 0 bridgehead atoms. The van der Waals surface area contributed by atoms with Gasteiger partial charge >= 0.3 is 18.8 Å². The van der Waals surface area contributed by atoms with Crippen molar-refractivity contribution in [1.29, 1.82) is 5.41 Å². The van der Waals surface area contributed by atoms with Gasteiger partial charge in [-0.1, -0.05) is 38.1 Å². The van der Waals surface area contributed by atoms with Crippen molar-refractivity contribution in [2.75, 3.05) is 17.7 Å². The van der Waals surface area contributed by atoms with E-state index in [4.69, 9.17) is 41.4 Å². The van der Waals surface area contributed by atoms with Gasteiger partial charge in [-0.3, -0.25) is 24.4 Å². The number of carbonyl (C=O) groups excluding carboxylic acids is 1. The van der Waals surface area contributed by atoms with Gasteiger partial charge in [0.15, 0.2) is 5.82 Å². The fourth-order valence-electron chi connectivity index (χ4n) is 3.57. The number of anilines is 2. The van der Waals surface area contributed by atoms with Crippen molar-refractivity contribution in [3.8, 4) is 17.0 Å². The Morgan fingerprint density at radius 1 is 1.08 bits per heavy atom. The lowest BCUT2D eigenvalue weighted by atomic mass is 10.1. The second kappa shape index (κ2) is 22.0. The summed E-state index contributed by atoms with van der Waals surface area (Å²) in [5.41, 5.74) is 14.2. The number of carboxylic acids is 1. The van der Waals surface area contributed by atoms with Crippen LogP contribution in [0.15, 0.2) is 53.5 Å². The highest BCUT2D eigenvalue weighted by molar-refractivity contribution is 5.94. The summed E-state index contributed by atoms with van der Waals surface area (Å²) >= 11 is 0. The lowest BCUT2D eigenvalue weighted by Crippen LogP contribution is -2.35. The van der Waals surface area contributed by atoms with Crippen LogP contribution < -0.4 is 32.4 Å². The van der Waals surface area contributed by atoms with Crippen LogP contribution in [0.1, 0.15) is 38.8 Å². The molecule has 0 saturated heterocycles. The Morgan fingerprint density at radius 3 is 2.06 bits per heavy atom. The highest BCUT2D eigenvalue weighted by Gasteiger charge is 2.38. The Morgan fingerprint density at radius 2 is 1.61 bits per heavy atom. The van der Waals surface area contributed by atoms with E-state index >= 15 is 0 Å². The summed E-state index contributed by atoms with van der Waals surface area (Å²) in [7, 11) is 0. The summed E-state index contributed by atoms with van der Waals surface area (Å²) < 4.78 is 68.0. The Bertz CT molecular complexity index is 1630. The lowest BCUT2D eigenvalue weighted by molar-refractivity contribution is -0.192. The highest BCUT2D eigenvalue weighted by Crippen LogP contribution is 2.27. The van der Waals surface area contributed by atoms with E-state index < -0.39 is 24.4 Å². The van der Waals surface area contributed by atoms with Crippen LogP contribution in [0, 0.1) is 11.3 Å². The number of rotatable bonds is 11. The minimum Gasteiger partial charge on any atom is -0.493 e. The summed E-state index contributed by atoms with van der Waals surface area (Å²) in [6.45, 7) is 4.54. The van der Waals surface area contributed by atoms with Crippen molar-refractivity contribution in [2.24, 2.45) is 11.7 Å². The predicted octanol–water partition coefficient (Wildman–Crippen LogP) is 4.46. The van der Waals surface area contributed by atoms with E-state index in [9.17, 15) is 35.9 Å². The minimum atomic E-state index is -5.08. The van der Waals surface area contributed by atoms with Crippen molar-refractivity contribution in [3.05, 3.63) is 70.1 Å². The Balaban J connectivity index is 0.00000151. The van der Waals surface area contributed by atoms with Gasteiger partial charge in [0.05, 0.1) is 18.5 Å². The van der Waals surface area contributed by atoms with Crippen LogP contribution in [0.4, 0.5) is 37.8 Å². The standard InChI is InChI=1S/C27H35N7O3.C2HF3O2.CHF3.CH2O2/c1-16(2)15-37-22-10-20(9-21(28)11-22)23-13-32-26(33-17(3)4)27(36)34(23)14-24(35)31-12-18-5-7-19(8-6-18)25(29)30;3-2(4,5)1(6)7;2-1(3)4;2-1-3/h5-11,13,16-17H,12,14-15,28H2,1-4H3,(H3,29,30)(H,31,35)(H,32,33);(H,6,7);1H;1H,(H,2,3). The largest absolute Gasteiger partial charge is 0.493 e. The number of hydrogen-bond donors (Lipinski definition) is 7. The zero-order valence-electron chi connectivity index (χ0n) is 27.8. The molecule has 1 aromatic heterocycles. The molecule has 2 aromatic carbocycles. The van der Waals surface area contributed by atoms with E-state index in [0.29, 0.717) is 40.8 Å². The summed E-state index contributed by atoms with van der Waals surface area (Å²) in [6, 6.07) is 12.2. The third-order valence-corrected chi connectivity index (χ3v) is 5.59. The number of aliphatic carboxylic acids is 1. The smallest absolute Gasteiger partial charge is 0.490 e. The van der Waals surface area contributed by atoms with Crippen LogP contribution in [-0.2, 0) is 27.5 Å². The third-order valence-electron chi connectivity index (χ3n) is 5.59. The number of amides is 1. The summed E-state index contributed by atoms with van der Waals surface area (Å²) in [6.07, 6.45) is -3.53. The number of nitrogens with two attached hydrogens (primary N) is 2. The maximum atomic E-state index is 13.4. The van der Waals surface area contributed by atoms with Gasteiger partial charge in [-0.15, -0.1) is 0 Å². The molecule has 3 aromatic rings. The number of amidine groups is 1. The molecule has 9 N–H and O–H groups in total.